The first kappa shape index (κ1) is 20.2. The lowest BCUT2D eigenvalue weighted by Crippen LogP contribution is -2.20. The molecule has 7 nitrogen and oxygen atoms in total. The van der Waals surface area contributed by atoms with E-state index in [-0.39, 0.29) is 19.1 Å². The van der Waals surface area contributed by atoms with Gasteiger partial charge in [0.05, 0.1) is 0 Å². The molecule has 0 atom stereocenters. The van der Waals surface area contributed by atoms with Gasteiger partial charge >= 0.3 is 0 Å². The maximum atomic E-state index is 12.2. The van der Waals surface area contributed by atoms with E-state index in [0.717, 1.165) is 17.0 Å². The van der Waals surface area contributed by atoms with Crippen LogP contribution in [-0.4, -0.2) is 22.7 Å². The Balaban J connectivity index is 1.34. The van der Waals surface area contributed by atoms with Crippen LogP contribution in [0.3, 0.4) is 0 Å². The number of rotatable bonds is 8. The van der Waals surface area contributed by atoms with Gasteiger partial charge in [-0.1, -0.05) is 47.6 Å². The van der Waals surface area contributed by atoms with Gasteiger partial charge in [-0.05, 0) is 48.9 Å². The van der Waals surface area contributed by atoms with Gasteiger partial charge in [0.15, 0.2) is 13.2 Å². The second-order valence-electron chi connectivity index (χ2n) is 6.85. The minimum atomic E-state index is -0.240. The van der Waals surface area contributed by atoms with Crippen LogP contribution in [0.1, 0.15) is 11.5 Å². The molecule has 0 saturated carbocycles. The molecule has 0 bridgehead atoms. The largest absolute Gasteiger partial charge is 0.484 e. The van der Waals surface area contributed by atoms with Crippen molar-refractivity contribution in [3.05, 3.63) is 90.3 Å². The maximum absolute atomic E-state index is 12.2. The molecule has 1 aromatic heterocycles. The van der Waals surface area contributed by atoms with Crippen LogP contribution in [0.4, 0.5) is 5.69 Å². The topological polar surface area (TPSA) is 86.5 Å². The average Bonchev–Trinajstić information content (AvgIpc) is 3.26. The van der Waals surface area contributed by atoms with Crippen LogP contribution in [0.25, 0.3) is 11.4 Å². The molecule has 31 heavy (non-hydrogen) atoms. The van der Waals surface area contributed by atoms with Crippen molar-refractivity contribution in [3.63, 3.8) is 0 Å². The summed E-state index contributed by atoms with van der Waals surface area (Å²) < 4.78 is 16.5. The third kappa shape index (κ3) is 5.70. The quantitative estimate of drug-likeness (QED) is 0.451. The zero-order valence-corrected chi connectivity index (χ0v) is 16.9. The van der Waals surface area contributed by atoms with Gasteiger partial charge in [0, 0.05) is 11.3 Å². The van der Waals surface area contributed by atoms with Crippen LogP contribution in [0.15, 0.2) is 83.4 Å². The molecule has 1 N–H and O–H groups in total. The molecule has 3 aromatic carbocycles. The predicted octanol–water partition coefficient (Wildman–Crippen LogP) is 4.64. The molecule has 0 saturated heterocycles. The van der Waals surface area contributed by atoms with Crippen LogP contribution < -0.4 is 14.8 Å². The molecule has 1 heterocycles. The van der Waals surface area contributed by atoms with E-state index in [1.54, 1.807) is 18.2 Å². The molecule has 156 valence electrons. The summed E-state index contributed by atoms with van der Waals surface area (Å²) in [6.45, 7) is 2.03. The Hall–Kier alpha value is -4.13. The first-order valence-corrected chi connectivity index (χ1v) is 9.76. The fraction of sp³-hybridized carbons (Fsp3) is 0.125. The molecular weight excluding hydrogens is 394 g/mol. The molecule has 0 aliphatic carbocycles. The molecule has 0 radical (unpaired) electrons. The van der Waals surface area contributed by atoms with Crippen molar-refractivity contribution in [2.24, 2.45) is 0 Å². The van der Waals surface area contributed by atoms with Crippen LogP contribution in [0, 0.1) is 6.92 Å². The first-order chi connectivity index (χ1) is 15.2. The van der Waals surface area contributed by atoms with E-state index < -0.39 is 0 Å². The zero-order chi connectivity index (χ0) is 21.5. The highest BCUT2D eigenvalue weighted by molar-refractivity contribution is 5.91. The highest BCUT2D eigenvalue weighted by Crippen LogP contribution is 2.22. The summed E-state index contributed by atoms with van der Waals surface area (Å²) in [6, 6.07) is 24.2. The molecule has 0 fully saturated rings. The summed E-state index contributed by atoms with van der Waals surface area (Å²) in [7, 11) is 0. The molecule has 1 amide bonds. The Morgan fingerprint density at radius 3 is 2.58 bits per heavy atom. The number of ether oxygens (including phenoxy) is 2. The van der Waals surface area contributed by atoms with Gasteiger partial charge in [0.2, 0.25) is 5.82 Å². The van der Waals surface area contributed by atoms with Gasteiger partial charge in [0.1, 0.15) is 11.5 Å². The van der Waals surface area contributed by atoms with Crippen molar-refractivity contribution in [1.29, 1.82) is 0 Å². The summed E-state index contributed by atoms with van der Waals surface area (Å²) in [5, 5.41) is 6.81. The minimum Gasteiger partial charge on any atom is -0.484 e. The van der Waals surface area contributed by atoms with Crippen molar-refractivity contribution < 1.29 is 18.8 Å². The second-order valence-corrected chi connectivity index (χ2v) is 6.85. The maximum Gasteiger partial charge on any atom is 0.264 e. The van der Waals surface area contributed by atoms with Crippen molar-refractivity contribution in [2.45, 2.75) is 13.5 Å². The zero-order valence-electron chi connectivity index (χ0n) is 16.9. The number of amides is 1. The van der Waals surface area contributed by atoms with Crippen LogP contribution >= 0.6 is 0 Å². The van der Waals surface area contributed by atoms with Gasteiger partial charge in [-0.25, -0.2) is 0 Å². The molecule has 0 aliphatic rings. The normalized spacial score (nSPS) is 10.5. The number of para-hydroxylation sites is 1. The highest BCUT2D eigenvalue weighted by atomic mass is 16.5. The molecule has 0 aliphatic heterocycles. The molecule has 0 spiro atoms. The van der Waals surface area contributed by atoms with E-state index in [1.807, 2.05) is 67.6 Å². The second kappa shape index (κ2) is 9.58. The van der Waals surface area contributed by atoms with E-state index in [1.165, 1.54) is 0 Å². The molecule has 4 rings (SSSR count). The Bertz CT molecular complexity index is 1160. The number of aryl methyl sites for hydroxylation is 1. The van der Waals surface area contributed by atoms with E-state index >= 15 is 0 Å². The summed E-state index contributed by atoms with van der Waals surface area (Å²) >= 11 is 0. The highest BCUT2D eigenvalue weighted by Gasteiger charge is 2.11. The third-order valence-corrected chi connectivity index (χ3v) is 4.34. The summed E-state index contributed by atoms with van der Waals surface area (Å²) in [4.78, 5) is 16.5. The minimum absolute atomic E-state index is 0.111. The van der Waals surface area contributed by atoms with Crippen LogP contribution in [-0.2, 0) is 11.4 Å². The number of nitrogens with zero attached hydrogens (tertiary/aromatic N) is 2. The number of aromatic nitrogens is 2. The van der Waals surface area contributed by atoms with Gasteiger partial charge < -0.3 is 19.3 Å². The Kier molecular flexibility index (Phi) is 6.23. The summed E-state index contributed by atoms with van der Waals surface area (Å²) in [6.07, 6.45) is 0. The lowest BCUT2D eigenvalue weighted by Gasteiger charge is -2.08. The van der Waals surface area contributed by atoms with Crippen molar-refractivity contribution >= 4 is 11.6 Å². The van der Waals surface area contributed by atoms with Crippen molar-refractivity contribution in [1.82, 2.24) is 10.1 Å². The molecular formula is C24H21N3O4. The van der Waals surface area contributed by atoms with E-state index in [0.29, 0.717) is 23.0 Å². The monoisotopic (exact) mass is 415 g/mol. The first-order valence-electron chi connectivity index (χ1n) is 9.76. The number of hydrogen-bond acceptors (Lipinski definition) is 6. The number of benzene rings is 3. The smallest absolute Gasteiger partial charge is 0.264 e. The van der Waals surface area contributed by atoms with Gasteiger partial charge in [-0.15, -0.1) is 0 Å². The van der Waals surface area contributed by atoms with E-state index in [4.69, 9.17) is 14.0 Å². The standard InChI is InChI=1S/C24H21N3O4/c1-17-7-5-9-19(13-17)25-22(28)15-29-21-12-6-8-18(14-21)24-26-23(31-27-24)16-30-20-10-3-2-4-11-20/h2-14H,15-16H2,1H3,(H,25,28). The number of nitrogens with one attached hydrogen (secondary N) is 1. The Morgan fingerprint density at radius 1 is 0.935 bits per heavy atom. The number of anilines is 1. The fourth-order valence-electron chi connectivity index (χ4n) is 2.89. The van der Waals surface area contributed by atoms with E-state index in [2.05, 4.69) is 15.5 Å². The van der Waals surface area contributed by atoms with E-state index in [9.17, 15) is 4.79 Å². The average molecular weight is 415 g/mol. The molecule has 4 aromatic rings. The fourth-order valence-corrected chi connectivity index (χ4v) is 2.89. The lowest BCUT2D eigenvalue weighted by molar-refractivity contribution is -0.118. The van der Waals surface area contributed by atoms with Crippen LogP contribution in [0.5, 0.6) is 11.5 Å². The van der Waals surface area contributed by atoms with Crippen molar-refractivity contribution in [3.8, 4) is 22.9 Å². The van der Waals surface area contributed by atoms with Crippen molar-refractivity contribution in [2.75, 3.05) is 11.9 Å². The third-order valence-electron chi connectivity index (χ3n) is 4.34. The number of hydrogen-bond donors (Lipinski definition) is 1. The summed E-state index contributed by atoms with van der Waals surface area (Å²) in [5.74, 6) is 1.80. The van der Waals surface area contributed by atoms with Gasteiger partial charge in [0.25, 0.3) is 11.8 Å². The lowest BCUT2D eigenvalue weighted by atomic mass is 10.2. The Morgan fingerprint density at radius 2 is 1.74 bits per heavy atom. The number of carbonyl (C=O) groups excluding carboxylic acids is 1. The SMILES string of the molecule is Cc1cccc(NC(=O)COc2cccc(-c3noc(COc4ccccc4)n3)c2)c1. The van der Waals surface area contributed by atoms with Gasteiger partial charge in [-0.2, -0.15) is 4.98 Å². The predicted molar refractivity (Wildman–Crippen MR) is 116 cm³/mol. The Labute approximate surface area is 179 Å². The number of carbonyl (C=O) groups is 1. The van der Waals surface area contributed by atoms with Gasteiger partial charge in [-0.3, -0.25) is 4.79 Å². The molecule has 0 unspecified atom stereocenters. The van der Waals surface area contributed by atoms with Crippen LogP contribution in [0.2, 0.25) is 0 Å². The molecule has 7 heteroatoms. The summed E-state index contributed by atoms with van der Waals surface area (Å²) in [5.41, 5.74) is 2.52.